The van der Waals surface area contributed by atoms with Gasteiger partial charge < -0.3 is 25.4 Å². The molecule has 0 atom stereocenters. The van der Waals surface area contributed by atoms with E-state index >= 15 is 0 Å². The standard InChI is InChI=1S/C19H20FN3O4/c20-13-1-6-16(17(21)11-13)19(25)27-12-18(24)22-14-2-4-15(5-3-14)23-7-9-26-10-8-23/h1-6,11H,7-10,12,21H2,(H,22,24). The summed E-state index contributed by atoms with van der Waals surface area (Å²) in [4.78, 5) is 26.1. The number of nitrogens with zero attached hydrogens (tertiary/aromatic N) is 1. The second-order valence-corrected chi connectivity index (χ2v) is 6.00. The molecule has 1 heterocycles. The van der Waals surface area contributed by atoms with Crippen molar-refractivity contribution in [3.05, 3.63) is 53.8 Å². The molecule has 142 valence electrons. The Labute approximate surface area is 155 Å². The van der Waals surface area contributed by atoms with Gasteiger partial charge in [0, 0.05) is 30.2 Å². The van der Waals surface area contributed by atoms with Gasteiger partial charge in [-0.15, -0.1) is 0 Å². The summed E-state index contributed by atoms with van der Waals surface area (Å²) in [5.41, 5.74) is 7.19. The highest BCUT2D eigenvalue weighted by Gasteiger charge is 2.14. The van der Waals surface area contributed by atoms with Gasteiger partial charge in [0.2, 0.25) is 0 Å². The minimum Gasteiger partial charge on any atom is -0.452 e. The molecule has 3 rings (SSSR count). The molecule has 8 heteroatoms. The van der Waals surface area contributed by atoms with Crippen LogP contribution in [0.25, 0.3) is 0 Å². The molecule has 1 amide bonds. The smallest absolute Gasteiger partial charge is 0.340 e. The SMILES string of the molecule is Nc1cc(F)ccc1C(=O)OCC(=O)Nc1ccc(N2CCOCC2)cc1. The number of rotatable bonds is 5. The van der Waals surface area contributed by atoms with E-state index in [2.05, 4.69) is 10.2 Å². The molecule has 1 aliphatic rings. The van der Waals surface area contributed by atoms with Gasteiger partial charge in [0.05, 0.1) is 18.8 Å². The molecular formula is C19H20FN3O4. The van der Waals surface area contributed by atoms with Gasteiger partial charge in [-0.1, -0.05) is 0 Å². The van der Waals surface area contributed by atoms with Gasteiger partial charge in [0.1, 0.15) is 5.82 Å². The van der Waals surface area contributed by atoms with Crippen molar-refractivity contribution in [2.45, 2.75) is 0 Å². The molecule has 3 N–H and O–H groups in total. The number of anilines is 3. The lowest BCUT2D eigenvalue weighted by Crippen LogP contribution is -2.36. The summed E-state index contributed by atoms with van der Waals surface area (Å²) in [5.74, 6) is -1.82. The number of nitrogens with one attached hydrogen (secondary N) is 1. The van der Waals surface area contributed by atoms with Crippen LogP contribution in [0.3, 0.4) is 0 Å². The van der Waals surface area contributed by atoms with Crippen LogP contribution in [0, 0.1) is 5.82 Å². The molecule has 0 aromatic heterocycles. The van der Waals surface area contributed by atoms with Crippen LogP contribution < -0.4 is 16.0 Å². The zero-order valence-corrected chi connectivity index (χ0v) is 14.6. The number of hydrogen-bond donors (Lipinski definition) is 2. The van der Waals surface area contributed by atoms with Crippen molar-refractivity contribution >= 4 is 28.9 Å². The quantitative estimate of drug-likeness (QED) is 0.615. The molecule has 1 aliphatic heterocycles. The minimum atomic E-state index is -0.787. The summed E-state index contributed by atoms with van der Waals surface area (Å²) in [7, 11) is 0. The highest BCUT2D eigenvalue weighted by atomic mass is 19.1. The Morgan fingerprint density at radius 2 is 1.85 bits per heavy atom. The summed E-state index contributed by atoms with van der Waals surface area (Å²) < 4.78 is 23.3. The number of nitrogens with two attached hydrogens (primary N) is 1. The van der Waals surface area contributed by atoms with E-state index in [1.807, 2.05) is 12.1 Å². The van der Waals surface area contributed by atoms with E-state index in [0.29, 0.717) is 18.9 Å². The number of ether oxygens (including phenoxy) is 2. The average Bonchev–Trinajstić information content (AvgIpc) is 2.67. The summed E-state index contributed by atoms with van der Waals surface area (Å²) in [6.45, 7) is 2.58. The number of carbonyl (C=O) groups is 2. The van der Waals surface area contributed by atoms with Crippen LogP contribution in [0.5, 0.6) is 0 Å². The monoisotopic (exact) mass is 373 g/mol. The third-order valence-electron chi connectivity index (χ3n) is 4.10. The van der Waals surface area contributed by atoms with E-state index in [4.69, 9.17) is 15.2 Å². The Morgan fingerprint density at radius 1 is 1.15 bits per heavy atom. The molecule has 1 fully saturated rings. The van der Waals surface area contributed by atoms with E-state index in [-0.39, 0.29) is 11.3 Å². The van der Waals surface area contributed by atoms with Crippen LogP contribution in [0.15, 0.2) is 42.5 Å². The van der Waals surface area contributed by atoms with Crippen LogP contribution in [0.4, 0.5) is 21.5 Å². The van der Waals surface area contributed by atoms with Crippen molar-refractivity contribution in [3.8, 4) is 0 Å². The first-order valence-corrected chi connectivity index (χ1v) is 8.48. The number of carbonyl (C=O) groups excluding carboxylic acids is 2. The van der Waals surface area contributed by atoms with Gasteiger partial charge in [-0.25, -0.2) is 9.18 Å². The first-order valence-electron chi connectivity index (χ1n) is 8.48. The highest BCUT2D eigenvalue weighted by molar-refractivity contribution is 5.98. The second kappa shape index (κ2) is 8.50. The van der Waals surface area contributed by atoms with Crippen molar-refractivity contribution in [2.24, 2.45) is 0 Å². The number of benzene rings is 2. The van der Waals surface area contributed by atoms with Crippen molar-refractivity contribution < 1.29 is 23.5 Å². The molecule has 2 aromatic carbocycles. The van der Waals surface area contributed by atoms with E-state index in [0.717, 1.165) is 30.9 Å². The van der Waals surface area contributed by atoms with Gasteiger partial charge in [-0.3, -0.25) is 4.79 Å². The number of nitrogen functional groups attached to an aromatic ring is 1. The Morgan fingerprint density at radius 3 is 2.52 bits per heavy atom. The lowest BCUT2D eigenvalue weighted by atomic mass is 10.2. The lowest BCUT2D eigenvalue weighted by Gasteiger charge is -2.28. The average molecular weight is 373 g/mol. The normalized spacial score (nSPS) is 13.9. The fraction of sp³-hybridized carbons (Fsp3) is 0.263. The van der Waals surface area contributed by atoms with Crippen LogP contribution in [-0.4, -0.2) is 44.8 Å². The van der Waals surface area contributed by atoms with Gasteiger partial charge in [0.25, 0.3) is 5.91 Å². The van der Waals surface area contributed by atoms with E-state index in [1.54, 1.807) is 12.1 Å². The van der Waals surface area contributed by atoms with E-state index < -0.39 is 24.3 Å². The Bertz CT molecular complexity index is 820. The maximum Gasteiger partial charge on any atom is 0.340 e. The topological polar surface area (TPSA) is 93.9 Å². The van der Waals surface area contributed by atoms with Gasteiger partial charge >= 0.3 is 5.97 Å². The number of morpholine rings is 1. The summed E-state index contributed by atoms with van der Waals surface area (Å²) in [5, 5.41) is 2.65. The molecule has 0 aliphatic carbocycles. The number of esters is 1. The van der Waals surface area contributed by atoms with Gasteiger partial charge in [-0.2, -0.15) is 0 Å². The Balaban J connectivity index is 1.50. The fourth-order valence-corrected chi connectivity index (χ4v) is 2.70. The van der Waals surface area contributed by atoms with Gasteiger partial charge in [-0.05, 0) is 42.5 Å². The first kappa shape index (κ1) is 18.7. The number of halogens is 1. The molecule has 0 saturated carbocycles. The maximum absolute atomic E-state index is 13.0. The van der Waals surface area contributed by atoms with E-state index in [1.165, 1.54) is 6.07 Å². The predicted octanol–water partition coefficient (Wildman–Crippen LogP) is 2.04. The third-order valence-corrected chi connectivity index (χ3v) is 4.10. The summed E-state index contributed by atoms with van der Waals surface area (Å²) >= 11 is 0. The van der Waals surface area contributed by atoms with Crippen LogP contribution in [-0.2, 0) is 14.3 Å². The molecule has 0 bridgehead atoms. The third kappa shape index (κ3) is 4.95. The lowest BCUT2D eigenvalue weighted by molar-refractivity contribution is -0.119. The number of hydrogen-bond acceptors (Lipinski definition) is 6. The molecule has 2 aromatic rings. The largest absolute Gasteiger partial charge is 0.452 e. The Hall–Kier alpha value is -3.13. The maximum atomic E-state index is 13.0. The molecule has 1 saturated heterocycles. The fourth-order valence-electron chi connectivity index (χ4n) is 2.70. The summed E-state index contributed by atoms with van der Waals surface area (Å²) in [6, 6.07) is 10.7. The van der Waals surface area contributed by atoms with Crippen molar-refractivity contribution in [1.82, 2.24) is 0 Å². The summed E-state index contributed by atoms with van der Waals surface area (Å²) in [6.07, 6.45) is 0. The molecule has 27 heavy (non-hydrogen) atoms. The van der Waals surface area contributed by atoms with Crippen LogP contribution in [0.1, 0.15) is 10.4 Å². The molecular weight excluding hydrogens is 353 g/mol. The zero-order chi connectivity index (χ0) is 19.2. The van der Waals surface area contributed by atoms with Crippen LogP contribution in [0.2, 0.25) is 0 Å². The Kier molecular flexibility index (Phi) is 5.87. The molecule has 0 unspecified atom stereocenters. The molecule has 0 radical (unpaired) electrons. The van der Waals surface area contributed by atoms with Crippen molar-refractivity contribution in [1.29, 1.82) is 0 Å². The number of amides is 1. The highest BCUT2D eigenvalue weighted by Crippen LogP contribution is 2.19. The van der Waals surface area contributed by atoms with Crippen molar-refractivity contribution in [2.75, 3.05) is 48.9 Å². The molecule has 7 nitrogen and oxygen atoms in total. The van der Waals surface area contributed by atoms with E-state index in [9.17, 15) is 14.0 Å². The first-order chi connectivity index (χ1) is 13.0. The predicted molar refractivity (Wildman–Crippen MR) is 99.2 cm³/mol. The second-order valence-electron chi connectivity index (χ2n) is 6.00. The van der Waals surface area contributed by atoms with Gasteiger partial charge in [0.15, 0.2) is 6.61 Å². The zero-order valence-electron chi connectivity index (χ0n) is 14.6. The minimum absolute atomic E-state index is 0.0130. The van der Waals surface area contributed by atoms with Crippen molar-refractivity contribution in [3.63, 3.8) is 0 Å². The molecule has 0 spiro atoms. The van der Waals surface area contributed by atoms with Crippen LogP contribution >= 0.6 is 0 Å².